The highest BCUT2D eigenvalue weighted by molar-refractivity contribution is 7.18. The average Bonchev–Trinajstić information content (AvgIpc) is 3.08. The standard InChI is InChI=1S/C21H20N4S/c1-14-8-10-17(12-15(14)2)24-20-19-21(23-13-22-20)26-18(25-19)11-9-16-6-4-3-5-7-16/h3-8,10,12-13H,9,11H2,1-2H3,(H,22,23,24). The van der Waals surface area contributed by atoms with Crippen LogP contribution in [0.1, 0.15) is 21.7 Å². The fourth-order valence-corrected chi connectivity index (χ4v) is 3.75. The Labute approximate surface area is 157 Å². The average molecular weight is 360 g/mol. The van der Waals surface area contributed by atoms with Crippen molar-refractivity contribution in [1.82, 2.24) is 15.0 Å². The first-order valence-corrected chi connectivity index (χ1v) is 9.49. The van der Waals surface area contributed by atoms with Crippen molar-refractivity contribution in [1.29, 1.82) is 0 Å². The first-order chi connectivity index (χ1) is 12.7. The van der Waals surface area contributed by atoms with E-state index in [2.05, 4.69) is 71.6 Å². The molecular weight excluding hydrogens is 340 g/mol. The minimum Gasteiger partial charge on any atom is -0.338 e. The van der Waals surface area contributed by atoms with Crippen LogP contribution < -0.4 is 5.32 Å². The predicted octanol–water partition coefficient (Wildman–Crippen LogP) is 5.23. The molecule has 0 aliphatic carbocycles. The zero-order valence-corrected chi connectivity index (χ0v) is 15.7. The Bertz CT molecular complexity index is 1040. The molecule has 0 aliphatic rings. The van der Waals surface area contributed by atoms with E-state index >= 15 is 0 Å². The molecule has 0 fully saturated rings. The zero-order chi connectivity index (χ0) is 17.9. The lowest BCUT2D eigenvalue weighted by Gasteiger charge is -2.08. The summed E-state index contributed by atoms with van der Waals surface area (Å²) in [5, 5.41) is 4.49. The molecule has 0 saturated heterocycles. The Morgan fingerprint density at radius 2 is 1.77 bits per heavy atom. The van der Waals surface area contributed by atoms with Gasteiger partial charge in [0.1, 0.15) is 16.7 Å². The van der Waals surface area contributed by atoms with Crippen LogP contribution in [-0.4, -0.2) is 15.0 Å². The summed E-state index contributed by atoms with van der Waals surface area (Å²) in [4.78, 5) is 14.5. The van der Waals surface area contributed by atoms with Gasteiger partial charge in [0, 0.05) is 12.1 Å². The summed E-state index contributed by atoms with van der Waals surface area (Å²) in [5.74, 6) is 0.764. The predicted molar refractivity (Wildman–Crippen MR) is 108 cm³/mol. The van der Waals surface area contributed by atoms with Crippen LogP contribution in [0.15, 0.2) is 54.9 Å². The van der Waals surface area contributed by atoms with Crippen LogP contribution in [0.4, 0.5) is 11.5 Å². The number of hydrogen-bond acceptors (Lipinski definition) is 5. The Kier molecular flexibility index (Phi) is 4.63. The van der Waals surface area contributed by atoms with Gasteiger partial charge in [-0.15, -0.1) is 0 Å². The highest BCUT2D eigenvalue weighted by Crippen LogP contribution is 2.28. The number of thiazole rings is 1. The maximum Gasteiger partial charge on any atom is 0.161 e. The van der Waals surface area contributed by atoms with Crippen molar-refractivity contribution in [3.63, 3.8) is 0 Å². The second-order valence-corrected chi connectivity index (χ2v) is 7.46. The van der Waals surface area contributed by atoms with Crippen LogP contribution in [-0.2, 0) is 12.8 Å². The Morgan fingerprint density at radius 3 is 2.58 bits per heavy atom. The van der Waals surface area contributed by atoms with Crippen molar-refractivity contribution in [2.24, 2.45) is 0 Å². The van der Waals surface area contributed by atoms with E-state index in [1.54, 1.807) is 17.7 Å². The molecule has 0 spiro atoms. The van der Waals surface area contributed by atoms with Crippen molar-refractivity contribution in [2.45, 2.75) is 26.7 Å². The molecule has 1 N–H and O–H groups in total. The van der Waals surface area contributed by atoms with Crippen molar-refractivity contribution in [3.05, 3.63) is 76.6 Å². The molecule has 5 heteroatoms. The van der Waals surface area contributed by atoms with Gasteiger partial charge in [-0.3, -0.25) is 0 Å². The van der Waals surface area contributed by atoms with Gasteiger partial charge in [-0.2, -0.15) is 0 Å². The molecular formula is C21H20N4S. The van der Waals surface area contributed by atoms with Gasteiger partial charge >= 0.3 is 0 Å². The van der Waals surface area contributed by atoms with Crippen molar-refractivity contribution in [3.8, 4) is 0 Å². The lowest BCUT2D eigenvalue weighted by Crippen LogP contribution is -1.96. The van der Waals surface area contributed by atoms with E-state index in [9.17, 15) is 0 Å². The second-order valence-electron chi connectivity index (χ2n) is 6.39. The SMILES string of the molecule is Cc1ccc(Nc2ncnc3sc(CCc4ccccc4)nc23)cc1C. The van der Waals surface area contributed by atoms with E-state index in [4.69, 9.17) is 4.98 Å². The normalized spacial score (nSPS) is 11.0. The van der Waals surface area contributed by atoms with Gasteiger partial charge in [0.25, 0.3) is 0 Å². The number of anilines is 2. The maximum atomic E-state index is 4.79. The highest BCUT2D eigenvalue weighted by atomic mass is 32.1. The summed E-state index contributed by atoms with van der Waals surface area (Å²) in [6, 6.07) is 16.8. The van der Waals surface area contributed by atoms with Crippen molar-refractivity contribution >= 4 is 33.2 Å². The number of rotatable bonds is 5. The minimum atomic E-state index is 0.764. The number of fused-ring (bicyclic) bond motifs is 1. The molecule has 4 nitrogen and oxygen atoms in total. The van der Waals surface area contributed by atoms with Crippen LogP contribution >= 0.6 is 11.3 Å². The summed E-state index contributed by atoms with van der Waals surface area (Å²) >= 11 is 1.64. The maximum absolute atomic E-state index is 4.79. The van der Waals surface area contributed by atoms with Crippen molar-refractivity contribution < 1.29 is 0 Å². The molecule has 0 aliphatic heterocycles. The quantitative estimate of drug-likeness (QED) is 0.529. The molecule has 4 aromatic rings. The summed E-state index contributed by atoms with van der Waals surface area (Å²) < 4.78 is 0. The smallest absolute Gasteiger partial charge is 0.161 e. The third-order valence-corrected chi connectivity index (χ3v) is 5.50. The van der Waals surface area contributed by atoms with Gasteiger partial charge in [-0.1, -0.05) is 47.7 Å². The molecule has 0 bridgehead atoms. The van der Waals surface area contributed by atoms with Crippen molar-refractivity contribution in [2.75, 3.05) is 5.32 Å². The van der Waals surface area contributed by atoms with Crippen LogP contribution in [0.2, 0.25) is 0 Å². The summed E-state index contributed by atoms with van der Waals surface area (Å²) in [5.41, 5.74) is 5.72. The number of aryl methyl sites for hydroxylation is 4. The fraction of sp³-hybridized carbons (Fsp3) is 0.190. The third kappa shape index (κ3) is 3.58. The first kappa shape index (κ1) is 16.7. The van der Waals surface area contributed by atoms with Crippen LogP contribution in [0.5, 0.6) is 0 Å². The lowest BCUT2D eigenvalue weighted by molar-refractivity contribution is 0.949. The molecule has 0 amide bonds. The lowest BCUT2D eigenvalue weighted by atomic mass is 10.1. The molecule has 0 atom stereocenters. The topological polar surface area (TPSA) is 50.7 Å². The molecule has 2 aromatic heterocycles. The first-order valence-electron chi connectivity index (χ1n) is 8.67. The second kappa shape index (κ2) is 7.22. The molecule has 2 heterocycles. The number of nitrogens with one attached hydrogen (secondary N) is 1. The molecule has 4 rings (SSSR count). The monoisotopic (exact) mass is 360 g/mol. The van der Waals surface area contributed by atoms with Gasteiger partial charge in [0.2, 0.25) is 0 Å². The van der Waals surface area contributed by atoms with E-state index in [-0.39, 0.29) is 0 Å². The van der Waals surface area contributed by atoms with Crippen LogP contribution in [0, 0.1) is 13.8 Å². The number of benzene rings is 2. The number of hydrogen-bond donors (Lipinski definition) is 1. The Hall–Kier alpha value is -2.79. The van der Waals surface area contributed by atoms with Gasteiger partial charge in [-0.25, -0.2) is 15.0 Å². The summed E-state index contributed by atoms with van der Waals surface area (Å²) in [7, 11) is 0. The van der Waals surface area contributed by atoms with E-state index < -0.39 is 0 Å². The third-order valence-electron chi connectivity index (χ3n) is 4.48. The molecule has 0 saturated carbocycles. The Morgan fingerprint density at radius 1 is 0.923 bits per heavy atom. The van der Waals surface area contributed by atoms with Gasteiger partial charge in [-0.05, 0) is 49.1 Å². The summed E-state index contributed by atoms with van der Waals surface area (Å²) in [6.45, 7) is 4.22. The largest absolute Gasteiger partial charge is 0.338 e. The van der Waals surface area contributed by atoms with Gasteiger partial charge < -0.3 is 5.32 Å². The highest BCUT2D eigenvalue weighted by Gasteiger charge is 2.11. The van der Waals surface area contributed by atoms with Crippen LogP contribution in [0.25, 0.3) is 10.3 Å². The van der Waals surface area contributed by atoms with Crippen LogP contribution in [0.3, 0.4) is 0 Å². The summed E-state index contributed by atoms with van der Waals surface area (Å²) in [6.07, 6.45) is 3.49. The fourth-order valence-electron chi connectivity index (χ4n) is 2.85. The molecule has 0 unspecified atom stereocenters. The van der Waals surface area contributed by atoms with Gasteiger partial charge in [0.15, 0.2) is 5.82 Å². The molecule has 26 heavy (non-hydrogen) atoms. The number of nitrogens with zero attached hydrogens (tertiary/aromatic N) is 3. The Balaban J connectivity index is 1.58. The molecule has 130 valence electrons. The van der Waals surface area contributed by atoms with E-state index in [1.807, 2.05) is 6.07 Å². The van der Waals surface area contributed by atoms with E-state index in [0.717, 1.165) is 39.7 Å². The zero-order valence-electron chi connectivity index (χ0n) is 14.9. The van der Waals surface area contributed by atoms with Gasteiger partial charge in [0.05, 0.1) is 5.01 Å². The number of aromatic nitrogens is 3. The van der Waals surface area contributed by atoms with E-state index in [1.165, 1.54) is 16.7 Å². The molecule has 0 radical (unpaired) electrons. The minimum absolute atomic E-state index is 0.764. The van der Waals surface area contributed by atoms with E-state index in [0.29, 0.717) is 0 Å². The molecule has 2 aromatic carbocycles.